The second kappa shape index (κ2) is 4.67. The maximum atomic E-state index is 11.5. The van der Waals surface area contributed by atoms with Crippen LogP contribution in [0.4, 0.5) is 5.13 Å². The van der Waals surface area contributed by atoms with Crippen molar-refractivity contribution < 1.29 is 14.7 Å². The molecule has 20 heavy (non-hydrogen) atoms. The topological polar surface area (TPSA) is 101 Å². The molecule has 8 nitrogen and oxygen atoms in total. The number of rotatable bonds is 3. The lowest BCUT2D eigenvalue weighted by molar-refractivity contribution is 0.0687. The van der Waals surface area contributed by atoms with Crippen LogP contribution in [-0.4, -0.2) is 43.2 Å². The standard InChI is InChI=1S/C11H11N5O3S/c1-6(17)9-8(10(18)19)13-11(20-9)15-2-3-16-5-12-14-7(16)4-15/h5H,2-4H2,1H3,(H,18,19). The number of nitrogens with zero attached hydrogens (tertiary/aromatic N) is 5. The van der Waals surface area contributed by atoms with Crippen LogP contribution >= 0.6 is 11.3 Å². The summed E-state index contributed by atoms with van der Waals surface area (Å²) in [6.07, 6.45) is 1.66. The summed E-state index contributed by atoms with van der Waals surface area (Å²) in [5.74, 6) is -0.670. The summed E-state index contributed by atoms with van der Waals surface area (Å²) in [5, 5.41) is 17.5. The molecule has 9 heteroatoms. The SMILES string of the molecule is CC(=O)c1sc(N2CCn3cnnc3C2)nc1C(=O)O. The van der Waals surface area contributed by atoms with E-state index in [2.05, 4.69) is 15.2 Å². The zero-order chi connectivity index (χ0) is 14.3. The van der Waals surface area contributed by atoms with Crippen LogP contribution in [0.5, 0.6) is 0 Å². The number of fused-ring (bicyclic) bond motifs is 1. The number of aromatic nitrogens is 4. The van der Waals surface area contributed by atoms with Crippen molar-refractivity contribution in [2.45, 2.75) is 20.0 Å². The first-order valence-electron chi connectivity index (χ1n) is 5.93. The molecule has 0 saturated heterocycles. The monoisotopic (exact) mass is 293 g/mol. The Hall–Kier alpha value is -2.29. The summed E-state index contributed by atoms with van der Waals surface area (Å²) >= 11 is 1.11. The van der Waals surface area contributed by atoms with Gasteiger partial charge in [0.15, 0.2) is 22.4 Å². The normalized spacial score (nSPS) is 14.2. The lowest BCUT2D eigenvalue weighted by Crippen LogP contribution is -2.33. The molecule has 1 aliphatic rings. The van der Waals surface area contributed by atoms with Crippen LogP contribution in [-0.2, 0) is 13.1 Å². The molecule has 2 aromatic rings. The molecule has 0 aliphatic carbocycles. The highest BCUT2D eigenvalue weighted by atomic mass is 32.1. The summed E-state index contributed by atoms with van der Waals surface area (Å²) < 4.78 is 1.94. The molecule has 1 aliphatic heterocycles. The summed E-state index contributed by atoms with van der Waals surface area (Å²) in [4.78, 5) is 28.8. The van der Waals surface area contributed by atoms with E-state index in [-0.39, 0.29) is 16.4 Å². The fourth-order valence-electron chi connectivity index (χ4n) is 2.06. The Labute approximate surface area is 117 Å². The van der Waals surface area contributed by atoms with Gasteiger partial charge in [-0.3, -0.25) is 4.79 Å². The van der Waals surface area contributed by atoms with Crippen LogP contribution in [0.15, 0.2) is 6.33 Å². The highest BCUT2D eigenvalue weighted by molar-refractivity contribution is 7.17. The van der Waals surface area contributed by atoms with Crippen LogP contribution in [0, 0.1) is 0 Å². The average molecular weight is 293 g/mol. The Kier molecular flexibility index (Phi) is 2.97. The average Bonchev–Trinajstić information content (AvgIpc) is 3.04. The van der Waals surface area contributed by atoms with Crippen molar-refractivity contribution in [3.63, 3.8) is 0 Å². The van der Waals surface area contributed by atoms with Gasteiger partial charge in [0.05, 0.1) is 6.54 Å². The predicted octanol–water partition coefficient (Wildman–Crippen LogP) is 0.656. The Balaban J connectivity index is 1.94. The van der Waals surface area contributed by atoms with E-state index in [1.165, 1.54) is 6.92 Å². The lowest BCUT2D eigenvalue weighted by Gasteiger charge is -2.26. The molecule has 3 rings (SSSR count). The van der Waals surface area contributed by atoms with Crippen LogP contribution in [0.25, 0.3) is 0 Å². The van der Waals surface area contributed by atoms with Crippen LogP contribution in [0.1, 0.15) is 32.9 Å². The van der Waals surface area contributed by atoms with Crippen molar-refractivity contribution in [2.24, 2.45) is 0 Å². The Bertz CT molecular complexity index is 661. The van der Waals surface area contributed by atoms with Crippen molar-refractivity contribution in [2.75, 3.05) is 11.4 Å². The maximum Gasteiger partial charge on any atom is 0.356 e. The largest absolute Gasteiger partial charge is 0.476 e. The van der Waals surface area contributed by atoms with E-state index in [9.17, 15) is 9.59 Å². The minimum Gasteiger partial charge on any atom is -0.476 e. The number of thiazole rings is 1. The van der Waals surface area contributed by atoms with Crippen molar-refractivity contribution in [3.05, 3.63) is 22.7 Å². The Morgan fingerprint density at radius 1 is 1.40 bits per heavy atom. The van der Waals surface area contributed by atoms with E-state index < -0.39 is 5.97 Å². The fourth-order valence-corrected chi connectivity index (χ4v) is 3.04. The number of aromatic carboxylic acids is 1. The van der Waals surface area contributed by atoms with E-state index in [0.717, 1.165) is 17.2 Å². The maximum absolute atomic E-state index is 11.5. The molecule has 2 aromatic heterocycles. The van der Waals surface area contributed by atoms with E-state index >= 15 is 0 Å². The van der Waals surface area contributed by atoms with Gasteiger partial charge < -0.3 is 14.6 Å². The zero-order valence-electron chi connectivity index (χ0n) is 10.6. The zero-order valence-corrected chi connectivity index (χ0v) is 11.4. The first kappa shape index (κ1) is 12.7. The van der Waals surface area contributed by atoms with Crippen molar-refractivity contribution in [1.29, 1.82) is 0 Å². The van der Waals surface area contributed by atoms with Crippen molar-refractivity contribution in [3.8, 4) is 0 Å². The molecular formula is C11H11N5O3S. The number of carboxylic acid groups (broad SMARTS) is 1. The Morgan fingerprint density at radius 2 is 2.20 bits per heavy atom. The first-order valence-corrected chi connectivity index (χ1v) is 6.74. The number of carbonyl (C=O) groups is 2. The number of ketones is 1. The van der Waals surface area contributed by atoms with Gasteiger partial charge >= 0.3 is 5.97 Å². The molecular weight excluding hydrogens is 282 g/mol. The molecule has 0 fully saturated rings. The van der Waals surface area contributed by atoms with Gasteiger partial charge in [0.25, 0.3) is 0 Å². The van der Waals surface area contributed by atoms with E-state index in [0.29, 0.717) is 24.8 Å². The third-order valence-corrected chi connectivity index (χ3v) is 4.26. The molecule has 1 N–H and O–H groups in total. The third-order valence-electron chi connectivity index (χ3n) is 3.05. The van der Waals surface area contributed by atoms with Crippen molar-refractivity contribution in [1.82, 2.24) is 19.7 Å². The second-order valence-electron chi connectivity index (χ2n) is 4.40. The highest BCUT2D eigenvalue weighted by Crippen LogP contribution is 2.29. The molecule has 0 bridgehead atoms. The van der Waals surface area contributed by atoms with Crippen molar-refractivity contribution >= 4 is 28.2 Å². The smallest absolute Gasteiger partial charge is 0.356 e. The minimum atomic E-state index is -1.18. The van der Waals surface area contributed by atoms with Crippen LogP contribution < -0.4 is 4.90 Å². The van der Waals surface area contributed by atoms with Gasteiger partial charge in [-0.05, 0) is 0 Å². The van der Waals surface area contributed by atoms with Gasteiger partial charge in [-0.15, -0.1) is 10.2 Å². The van der Waals surface area contributed by atoms with E-state index in [4.69, 9.17) is 5.11 Å². The number of hydrogen-bond donors (Lipinski definition) is 1. The van der Waals surface area contributed by atoms with E-state index in [1.54, 1.807) is 6.33 Å². The summed E-state index contributed by atoms with van der Waals surface area (Å²) in [5.41, 5.74) is -0.176. The molecule has 0 radical (unpaired) electrons. The quantitative estimate of drug-likeness (QED) is 0.829. The summed E-state index contributed by atoms with van der Waals surface area (Å²) in [6.45, 7) is 3.23. The molecule has 104 valence electrons. The summed E-state index contributed by atoms with van der Waals surface area (Å²) in [6, 6.07) is 0. The number of anilines is 1. The van der Waals surface area contributed by atoms with Crippen LogP contribution in [0.2, 0.25) is 0 Å². The predicted molar refractivity (Wildman–Crippen MR) is 70.1 cm³/mol. The molecule has 0 atom stereocenters. The number of hydrogen-bond acceptors (Lipinski definition) is 7. The Morgan fingerprint density at radius 3 is 2.85 bits per heavy atom. The molecule has 0 unspecified atom stereocenters. The number of carbonyl (C=O) groups excluding carboxylic acids is 1. The van der Waals surface area contributed by atoms with Gasteiger partial charge in [0.1, 0.15) is 11.2 Å². The van der Waals surface area contributed by atoms with Gasteiger partial charge in [-0.2, -0.15) is 0 Å². The molecule has 0 amide bonds. The molecule has 0 spiro atoms. The van der Waals surface area contributed by atoms with Gasteiger partial charge in [-0.1, -0.05) is 11.3 Å². The van der Waals surface area contributed by atoms with E-state index in [1.807, 2.05) is 9.47 Å². The van der Waals surface area contributed by atoms with Gasteiger partial charge in [-0.25, -0.2) is 9.78 Å². The minimum absolute atomic E-state index is 0.176. The lowest BCUT2D eigenvalue weighted by atomic mass is 10.3. The summed E-state index contributed by atoms with van der Waals surface area (Å²) in [7, 11) is 0. The third kappa shape index (κ3) is 2.05. The van der Waals surface area contributed by atoms with Crippen LogP contribution in [0.3, 0.4) is 0 Å². The molecule has 3 heterocycles. The first-order chi connectivity index (χ1) is 9.56. The number of Topliss-reactive ketones (excluding diaryl/α,β-unsaturated/α-hetero) is 1. The van der Waals surface area contributed by atoms with Gasteiger partial charge in [0.2, 0.25) is 0 Å². The highest BCUT2D eigenvalue weighted by Gasteiger charge is 2.25. The van der Waals surface area contributed by atoms with Gasteiger partial charge in [0, 0.05) is 20.0 Å². The number of carboxylic acids is 1. The molecule has 0 saturated carbocycles. The molecule has 0 aromatic carbocycles. The fraction of sp³-hybridized carbons (Fsp3) is 0.364. The second-order valence-corrected chi connectivity index (χ2v) is 5.38.